The summed E-state index contributed by atoms with van der Waals surface area (Å²) in [4.78, 5) is 35.1. The number of carbonyl (C=O) groups is 1. The number of aliphatic hydroxyl groups excluding tert-OH is 1. The van der Waals surface area contributed by atoms with E-state index in [-0.39, 0.29) is 25.1 Å². The minimum Gasteiger partial charge on any atom is -0.468 e. The number of carbonyl (C=O) groups excluding carboxylic acids is 1. The Morgan fingerprint density at radius 1 is 1.40 bits per heavy atom. The Kier molecular flexibility index (Phi) is 11.4. The van der Waals surface area contributed by atoms with Crippen molar-refractivity contribution < 1.29 is 19.4 Å². The molecule has 1 aromatic heterocycles. The van der Waals surface area contributed by atoms with Gasteiger partial charge in [-0.25, -0.2) is 4.79 Å². The number of aromatic amines is 1. The van der Waals surface area contributed by atoms with Crippen molar-refractivity contribution in [2.75, 3.05) is 20.3 Å². The van der Waals surface area contributed by atoms with E-state index in [4.69, 9.17) is 15.6 Å². The third-order valence-electron chi connectivity index (χ3n) is 3.29. The molecule has 0 bridgehead atoms. The van der Waals surface area contributed by atoms with Gasteiger partial charge < -0.3 is 20.3 Å². The third-order valence-corrected chi connectivity index (χ3v) is 3.29. The average molecular weight is 359 g/mol. The van der Waals surface area contributed by atoms with Crippen LogP contribution in [-0.2, 0) is 14.3 Å². The van der Waals surface area contributed by atoms with Crippen LogP contribution in [-0.4, -0.2) is 47.0 Å². The van der Waals surface area contributed by atoms with Crippen LogP contribution in [0.15, 0.2) is 21.9 Å². The van der Waals surface area contributed by atoms with Crippen molar-refractivity contribution in [3.63, 3.8) is 0 Å². The van der Waals surface area contributed by atoms with Gasteiger partial charge >= 0.3 is 11.7 Å². The fourth-order valence-corrected chi connectivity index (χ4v) is 1.80. The molecule has 9 nitrogen and oxygen atoms in total. The molecule has 1 aromatic rings. The van der Waals surface area contributed by atoms with Gasteiger partial charge in [0.25, 0.3) is 5.56 Å². The minimum absolute atomic E-state index is 0.0989. The first kappa shape index (κ1) is 23.0. The summed E-state index contributed by atoms with van der Waals surface area (Å²) >= 11 is 0. The Morgan fingerprint density at radius 2 is 2.04 bits per heavy atom. The summed E-state index contributed by atoms with van der Waals surface area (Å²) in [5.41, 5.74) is 4.47. The topological polar surface area (TPSA) is 137 Å². The lowest BCUT2D eigenvalue weighted by Crippen LogP contribution is -2.36. The van der Waals surface area contributed by atoms with Gasteiger partial charge in [0.1, 0.15) is 12.3 Å². The van der Waals surface area contributed by atoms with Gasteiger partial charge in [0.2, 0.25) is 0 Å². The highest BCUT2D eigenvalue weighted by Crippen LogP contribution is 2.12. The number of nitrogens with one attached hydrogen (secondary N) is 1. The Bertz CT molecular complexity index is 610. The van der Waals surface area contributed by atoms with Crippen LogP contribution in [0.3, 0.4) is 0 Å². The van der Waals surface area contributed by atoms with E-state index in [1.54, 1.807) is 0 Å². The van der Waals surface area contributed by atoms with Crippen LogP contribution in [0.4, 0.5) is 0 Å². The molecule has 1 rings (SSSR count). The predicted molar refractivity (Wildman–Crippen MR) is 93.1 cm³/mol. The average Bonchev–Trinajstić information content (AvgIpc) is 2.58. The largest absolute Gasteiger partial charge is 0.468 e. The number of methoxy groups -OCH3 is 1. The highest BCUT2D eigenvalue weighted by Gasteiger charge is 2.16. The number of rotatable bonds is 8. The molecule has 25 heavy (non-hydrogen) atoms. The quantitative estimate of drug-likeness (QED) is 0.555. The second-order valence-corrected chi connectivity index (χ2v) is 5.65. The molecule has 0 fully saturated rings. The summed E-state index contributed by atoms with van der Waals surface area (Å²) in [6.45, 7) is 5.78. The number of hydrogen-bond acceptors (Lipinski definition) is 7. The molecule has 0 radical (unpaired) electrons. The van der Waals surface area contributed by atoms with Gasteiger partial charge in [-0.05, 0) is 12.3 Å². The molecule has 144 valence electrons. The van der Waals surface area contributed by atoms with E-state index in [1.807, 2.05) is 20.8 Å². The van der Waals surface area contributed by atoms with E-state index in [1.165, 1.54) is 23.9 Å². The zero-order valence-electron chi connectivity index (χ0n) is 15.2. The normalized spacial score (nSPS) is 12.9. The van der Waals surface area contributed by atoms with Gasteiger partial charge in [-0.2, -0.15) is 0 Å². The van der Waals surface area contributed by atoms with E-state index in [2.05, 4.69) is 9.72 Å². The smallest absolute Gasteiger partial charge is 0.330 e. The van der Waals surface area contributed by atoms with Gasteiger partial charge in [-0.3, -0.25) is 19.1 Å². The molecular formula is C16H29N3O6. The lowest BCUT2D eigenvalue weighted by molar-refractivity contribution is -0.143. The zero-order chi connectivity index (χ0) is 19.4. The lowest BCUT2D eigenvalue weighted by atomic mass is 10.1. The number of ether oxygens (including phenoxy) is 2. The van der Waals surface area contributed by atoms with Crippen molar-refractivity contribution in [3.05, 3.63) is 33.1 Å². The monoisotopic (exact) mass is 359 g/mol. The van der Waals surface area contributed by atoms with E-state index < -0.39 is 23.5 Å². The number of nitrogens with two attached hydrogens (primary N) is 1. The summed E-state index contributed by atoms with van der Waals surface area (Å²) in [5.74, 6) is -0.192. The Morgan fingerprint density at radius 3 is 2.44 bits per heavy atom. The summed E-state index contributed by atoms with van der Waals surface area (Å²) < 4.78 is 11.1. The molecular weight excluding hydrogens is 330 g/mol. The van der Waals surface area contributed by atoms with Crippen LogP contribution in [0.5, 0.6) is 0 Å². The van der Waals surface area contributed by atoms with E-state index in [0.29, 0.717) is 6.42 Å². The highest BCUT2D eigenvalue weighted by atomic mass is 16.5. The molecule has 1 heterocycles. The fourth-order valence-electron chi connectivity index (χ4n) is 1.80. The Balaban J connectivity index is 0.000000547. The van der Waals surface area contributed by atoms with Crippen LogP contribution < -0.4 is 17.0 Å². The van der Waals surface area contributed by atoms with Crippen LogP contribution >= 0.6 is 0 Å². The summed E-state index contributed by atoms with van der Waals surface area (Å²) in [6, 6.07) is 0.793. The molecule has 2 atom stereocenters. The van der Waals surface area contributed by atoms with Gasteiger partial charge in [-0.1, -0.05) is 27.2 Å². The summed E-state index contributed by atoms with van der Waals surface area (Å²) in [5, 5.41) is 8.67. The van der Waals surface area contributed by atoms with Gasteiger partial charge in [0.05, 0.1) is 20.3 Å². The number of nitrogens with zero attached hydrogens (tertiary/aromatic N) is 1. The van der Waals surface area contributed by atoms with Crippen LogP contribution in [0.25, 0.3) is 0 Å². The summed E-state index contributed by atoms with van der Waals surface area (Å²) in [7, 11) is 1.34. The molecule has 0 amide bonds. The van der Waals surface area contributed by atoms with Crippen LogP contribution in [0, 0.1) is 5.92 Å². The molecule has 0 aromatic carbocycles. The SMILES string of the molecule is CCCC(OCCO)n1ccc(=O)[nH]c1=O.COC(=O)C(N)C(C)C. The van der Waals surface area contributed by atoms with Gasteiger partial charge in [0.15, 0.2) is 0 Å². The second-order valence-electron chi connectivity index (χ2n) is 5.65. The molecule has 0 aliphatic rings. The predicted octanol–water partition coefficient (Wildman–Crippen LogP) is -0.0131. The maximum atomic E-state index is 11.5. The molecule has 4 N–H and O–H groups in total. The Hall–Kier alpha value is -1.97. The van der Waals surface area contributed by atoms with E-state index in [0.717, 1.165) is 6.42 Å². The molecule has 0 aliphatic carbocycles. The molecule has 0 saturated carbocycles. The van der Waals surface area contributed by atoms with Crippen LogP contribution in [0.2, 0.25) is 0 Å². The van der Waals surface area contributed by atoms with E-state index >= 15 is 0 Å². The molecule has 9 heteroatoms. The second kappa shape index (κ2) is 12.4. The molecule has 0 aliphatic heterocycles. The van der Waals surface area contributed by atoms with Crippen molar-refractivity contribution in [1.29, 1.82) is 0 Å². The molecule has 2 unspecified atom stereocenters. The van der Waals surface area contributed by atoms with Crippen molar-refractivity contribution in [2.45, 2.75) is 45.9 Å². The Labute approximate surface area is 146 Å². The standard InChI is InChI=1S/C10H16N2O4.C6H13NO2/c1-2-3-9(16-7-6-13)12-5-4-8(14)11-10(12)15;1-4(2)5(7)6(8)9-3/h4-5,9,13H,2-3,6-7H2,1H3,(H,11,14,15);4-5H,7H2,1-3H3. The number of esters is 1. The van der Waals surface area contributed by atoms with Crippen molar-refractivity contribution in [3.8, 4) is 0 Å². The van der Waals surface area contributed by atoms with Gasteiger partial charge in [-0.15, -0.1) is 0 Å². The van der Waals surface area contributed by atoms with Gasteiger partial charge in [0, 0.05) is 12.3 Å². The number of H-pyrrole nitrogens is 1. The number of aromatic nitrogens is 2. The maximum absolute atomic E-state index is 11.5. The van der Waals surface area contributed by atoms with Crippen molar-refractivity contribution in [2.24, 2.45) is 11.7 Å². The first-order chi connectivity index (χ1) is 11.8. The minimum atomic E-state index is -0.496. The fraction of sp³-hybridized carbons (Fsp3) is 0.688. The van der Waals surface area contributed by atoms with Crippen molar-refractivity contribution >= 4 is 5.97 Å². The molecule has 0 saturated heterocycles. The summed E-state index contributed by atoms with van der Waals surface area (Å²) in [6.07, 6.45) is 2.44. The number of aliphatic hydroxyl groups is 1. The third kappa shape index (κ3) is 8.62. The number of hydrogen-bond donors (Lipinski definition) is 3. The maximum Gasteiger partial charge on any atom is 0.330 e. The van der Waals surface area contributed by atoms with Crippen LogP contribution in [0.1, 0.15) is 39.8 Å². The molecule has 0 spiro atoms. The first-order valence-corrected chi connectivity index (χ1v) is 8.15. The first-order valence-electron chi connectivity index (χ1n) is 8.15. The lowest BCUT2D eigenvalue weighted by Gasteiger charge is -2.18. The van der Waals surface area contributed by atoms with Crippen molar-refractivity contribution in [1.82, 2.24) is 9.55 Å². The zero-order valence-corrected chi connectivity index (χ0v) is 15.2. The van der Waals surface area contributed by atoms with E-state index in [9.17, 15) is 14.4 Å². The highest BCUT2D eigenvalue weighted by molar-refractivity contribution is 5.75.